The largest absolute Gasteiger partial charge is 0.261 e. The molecule has 0 saturated carbocycles. The van der Waals surface area contributed by atoms with E-state index in [-0.39, 0.29) is 0 Å². The molecule has 2 aromatic rings. The molecule has 1 heteroatoms. The molecule has 0 spiro atoms. The van der Waals surface area contributed by atoms with Crippen molar-refractivity contribution in [3.63, 3.8) is 0 Å². The Balaban J connectivity index is 2.82. The summed E-state index contributed by atoms with van der Waals surface area (Å²) in [6.07, 6.45) is 2.00. The van der Waals surface area contributed by atoms with E-state index in [1.54, 1.807) is 0 Å². The van der Waals surface area contributed by atoms with Crippen molar-refractivity contribution in [1.29, 1.82) is 0 Å². The van der Waals surface area contributed by atoms with E-state index in [1.165, 1.54) is 16.3 Å². The van der Waals surface area contributed by atoms with E-state index >= 15 is 0 Å². The van der Waals surface area contributed by atoms with Crippen molar-refractivity contribution in [2.24, 2.45) is 0 Å². The van der Waals surface area contributed by atoms with Crippen LogP contribution in [-0.2, 0) is 0 Å². The van der Waals surface area contributed by atoms with Crippen molar-refractivity contribution < 1.29 is 0 Å². The number of nitrogens with zero attached hydrogens (tertiary/aromatic N) is 1. The number of benzene rings is 1. The lowest BCUT2D eigenvalue weighted by Crippen LogP contribution is -1.93. The lowest BCUT2D eigenvalue weighted by atomic mass is 9.97. The smallest absolute Gasteiger partial charge is 0.0451 e. The Kier molecular flexibility index (Phi) is 2.24. The summed E-state index contributed by atoms with van der Waals surface area (Å²) in [4.78, 5) is 4.43. The van der Waals surface area contributed by atoms with E-state index in [0.29, 0.717) is 5.92 Å². The molecule has 1 aromatic carbocycles. The topological polar surface area (TPSA) is 12.9 Å². The molecular weight excluding hydrogens is 170 g/mol. The van der Waals surface area contributed by atoms with Crippen molar-refractivity contribution >= 4 is 10.8 Å². The Morgan fingerprint density at radius 1 is 1.07 bits per heavy atom. The van der Waals surface area contributed by atoms with Gasteiger partial charge in [0.1, 0.15) is 0 Å². The maximum atomic E-state index is 4.43. The van der Waals surface area contributed by atoms with Crippen LogP contribution >= 0.6 is 0 Å². The highest BCUT2D eigenvalue weighted by atomic mass is 14.7. The highest BCUT2D eigenvalue weighted by molar-refractivity contribution is 5.87. The number of pyridine rings is 1. The third kappa shape index (κ3) is 1.39. The number of aromatic nitrogens is 1. The molecule has 0 bridgehead atoms. The molecule has 0 aliphatic heterocycles. The van der Waals surface area contributed by atoms with Gasteiger partial charge in [0.2, 0.25) is 0 Å². The highest BCUT2D eigenvalue weighted by Gasteiger charge is 2.06. The Morgan fingerprint density at radius 2 is 1.71 bits per heavy atom. The van der Waals surface area contributed by atoms with Crippen LogP contribution in [0.4, 0.5) is 0 Å². The second kappa shape index (κ2) is 3.41. The van der Waals surface area contributed by atoms with Gasteiger partial charge in [0.25, 0.3) is 0 Å². The zero-order valence-electron chi connectivity index (χ0n) is 8.91. The van der Waals surface area contributed by atoms with Gasteiger partial charge >= 0.3 is 0 Å². The van der Waals surface area contributed by atoms with Crippen molar-refractivity contribution in [2.45, 2.75) is 26.7 Å². The number of aryl methyl sites for hydroxylation is 1. The van der Waals surface area contributed by atoms with Gasteiger partial charge < -0.3 is 0 Å². The van der Waals surface area contributed by atoms with E-state index in [1.807, 2.05) is 6.20 Å². The van der Waals surface area contributed by atoms with Gasteiger partial charge in [-0.05, 0) is 23.8 Å². The SMILES string of the molecule is Cc1ncc(C(C)C)c2ccccc12. The van der Waals surface area contributed by atoms with Crippen molar-refractivity contribution in [3.8, 4) is 0 Å². The lowest BCUT2D eigenvalue weighted by Gasteiger charge is -2.10. The van der Waals surface area contributed by atoms with Gasteiger partial charge in [-0.3, -0.25) is 4.98 Å². The zero-order valence-corrected chi connectivity index (χ0v) is 8.91. The molecule has 1 nitrogen and oxygen atoms in total. The predicted octanol–water partition coefficient (Wildman–Crippen LogP) is 3.67. The minimum atomic E-state index is 0.535. The molecule has 0 aliphatic rings. The summed E-state index contributed by atoms with van der Waals surface area (Å²) in [6, 6.07) is 8.48. The van der Waals surface area contributed by atoms with Gasteiger partial charge in [-0.15, -0.1) is 0 Å². The van der Waals surface area contributed by atoms with E-state index in [4.69, 9.17) is 0 Å². The molecule has 1 aromatic heterocycles. The van der Waals surface area contributed by atoms with Crippen LogP contribution in [0.15, 0.2) is 30.5 Å². The first kappa shape index (κ1) is 9.20. The molecule has 0 N–H and O–H groups in total. The monoisotopic (exact) mass is 185 g/mol. The van der Waals surface area contributed by atoms with Crippen LogP contribution in [0, 0.1) is 6.92 Å². The predicted molar refractivity (Wildman–Crippen MR) is 60.6 cm³/mol. The summed E-state index contributed by atoms with van der Waals surface area (Å²) in [6.45, 7) is 6.48. The fourth-order valence-corrected chi connectivity index (χ4v) is 1.82. The fourth-order valence-electron chi connectivity index (χ4n) is 1.82. The molecule has 0 saturated heterocycles. The second-order valence-corrected chi connectivity index (χ2v) is 4.00. The Morgan fingerprint density at radius 3 is 2.36 bits per heavy atom. The fraction of sp³-hybridized carbons (Fsp3) is 0.308. The first-order valence-electron chi connectivity index (χ1n) is 5.04. The van der Waals surface area contributed by atoms with E-state index in [9.17, 15) is 0 Å². The molecule has 0 unspecified atom stereocenters. The molecule has 0 aliphatic carbocycles. The first-order valence-corrected chi connectivity index (χ1v) is 5.04. The average Bonchev–Trinajstić information content (AvgIpc) is 2.18. The normalized spacial score (nSPS) is 11.1. The van der Waals surface area contributed by atoms with Gasteiger partial charge in [0, 0.05) is 17.3 Å². The highest BCUT2D eigenvalue weighted by Crippen LogP contribution is 2.25. The van der Waals surface area contributed by atoms with E-state index in [2.05, 4.69) is 50.0 Å². The second-order valence-electron chi connectivity index (χ2n) is 4.00. The van der Waals surface area contributed by atoms with Gasteiger partial charge in [0.05, 0.1) is 0 Å². The van der Waals surface area contributed by atoms with E-state index < -0.39 is 0 Å². The summed E-state index contributed by atoms with van der Waals surface area (Å²) >= 11 is 0. The first-order chi connectivity index (χ1) is 6.70. The minimum Gasteiger partial charge on any atom is -0.261 e. The molecule has 0 amide bonds. The van der Waals surface area contributed by atoms with Crippen LogP contribution in [0.5, 0.6) is 0 Å². The molecule has 0 radical (unpaired) electrons. The maximum Gasteiger partial charge on any atom is 0.0451 e. The summed E-state index contributed by atoms with van der Waals surface area (Å²) in [7, 11) is 0. The van der Waals surface area contributed by atoms with Gasteiger partial charge in [0.15, 0.2) is 0 Å². The molecule has 72 valence electrons. The molecule has 0 fully saturated rings. The Hall–Kier alpha value is -1.37. The van der Waals surface area contributed by atoms with Crippen molar-refractivity contribution in [3.05, 3.63) is 41.7 Å². The molecule has 2 rings (SSSR count). The van der Waals surface area contributed by atoms with Crippen LogP contribution in [0.3, 0.4) is 0 Å². The van der Waals surface area contributed by atoms with Crippen LogP contribution in [0.1, 0.15) is 31.0 Å². The third-order valence-electron chi connectivity index (χ3n) is 2.65. The number of hydrogen-bond acceptors (Lipinski definition) is 1. The summed E-state index contributed by atoms with van der Waals surface area (Å²) in [5.41, 5.74) is 2.45. The van der Waals surface area contributed by atoms with Crippen LogP contribution < -0.4 is 0 Å². The number of hydrogen-bond donors (Lipinski definition) is 0. The molecular formula is C13H15N. The molecule has 1 heterocycles. The maximum absolute atomic E-state index is 4.43. The number of fused-ring (bicyclic) bond motifs is 1. The average molecular weight is 185 g/mol. The lowest BCUT2D eigenvalue weighted by molar-refractivity contribution is 0.867. The van der Waals surface area contributed by atoms with Crippen LogP contribution in [0.2, 0.25) is 0 Å². The van der Waals surface area contributed by atoms with Crippen molar-refractivity contribution in [2.75, 3.05) is 0 Å². The summed E-state index contributed by atoms with van der Waals surface area (Å²) < 4.78 is 0. The van der Waals surface area contributed by atoms with E-state index in [0.717, 1.165) is 5.69 Å². The summed E-state index contributed by atoms with van der Waals surface area (Å²) in [5.74, 6) is 0.535. The molecule has 0 atom stereocenters. The summed E-state index contributed by atoms with van der Waals surface area (Å²) in [5, 5.41) is 2.62. The van der Waals surface area contributed by atoms with Crippen LogP contribution in [-0.4, -0.2) is 4.98 Å². The Labute approximate surface area is 84.8 Å². The third-order valence-corrected chi connectivity index (χ3v) is 2.65. The quantitative estimate of drug-likeness (QED) is 0.660. The molecule has 14 heavy (non-hydrogen) atoms. The number of rotatable bonds is 1. The van der Waals surface area contributed by atoms with Crippen molar-refractivity contribution in [1.82, 2.24) is 4.98 Å². The van der Waals surface area contributed by atoms with Gasteiger partial charge in [-0.1, -0.05) is 38.1 Å². The van der Waals surface area contributed by atoms with Gasteiger partial charge in [-0.25, -0.2) is 0 Å². The van der Waals surface area contributed by atoms with Crippen LogP contribution in [0.25, 0.3) is 10.8 Å². The minimum absolute atomic E-state index is 0.535. The van der Waals surface area contributed by atoms with Gasteiger partial charge in [-0.2, -0.15) is 0 Å². The Bertz CT molecular complexity index is 458. The standard InChI is InChI=1S/C13H15N/c1-9(2)13-8-14-10(3)11-6-4-5-7-12(11)13/h4-9H,1-3H3. The zero-order chi connectivity index (χ0) is 10.1.